The van der Waals surface area contributed by atoms with E-state index in [9.17, 15) is 33.8 Å². The van der Waals surface area contributed by atoms with E-state index in [1.165, 1.54) is 17.8 Å². The number of hydrogen-bond acceptors (Lipinski definition) is 8. The van der Waals surface area contributed by atoms with Gasteiger partial charge in [-0.25, -0.2) is 4.39 Å². The number of halogens is 1. The highest BCUT2D eigenvalue weighted by atomic mass is 32.2. The van der Waals surface area contributed by atoms with Crippen LogP contribution in [0.3, 0.4) is 0 Å². The fourth-order valence-corrected chi connectivity index (χ4v) is 5.92. The van der Waals surface area contributed by atoms with Crippen molar-refractivity contribution in [2.24, 2.45) is 5.73 Å². The molecule has 0 radical (unpaired) electrons. The highest BCUT2D eigenvalue weighted by Gasteiger charge is 2.50. The molecule has 5 rings (SSSR count). The molecule has 0 aliphatic carbocycles. The number of likely N-dealkylation sites (tertiary alicyclic amines) is 1. The standard InChI is InChI=1S/C26H24FN5O6S/c27-18-10-17(1-2-19(18)33)29-20(34)12-30-6-3-14(4-7-30)11-31-8-5-15(23(31)35)9-16-13-39-25-21(28)24(36)32(25)22(16)26(37)38/h1-4,6-7,9-10,21,25H,5,8,11-13,28H2,(H2-,29,33,34,37,38)/b15-9+/t21-,25-/m1/s1. The number of rotatable bonds is 7. The third-order valence-corrected chi connectivity index (χ3v) is 8.01. The fraction of sp³-hybridized carbons (Fsp3) is 0.269. The van der Waals surface area contributed by atoms with Crippen molar-refractivity contribution < 1.29 is 38.3 Å². The van der Waals surface area contributed by atoms with Crippen molar-refractivity contribution in [1.82, 2.24) is 9.80 Å². The van der Waals surface area contributed by atoms with Gasteiger partial charge in [0.25, 0.3) is 5.91 Å². The zero-order valence-electron chi connectivity index (χ0n) is 20.5. The molecule has 11 nitrogen and oxygen atoms in total. The van der Waals surface area contributed by atoms with Crippen molar-refractivity contribution in [3.8, 4) is 5.75 Å². The molecule has 3 amide bonds. The van der Waals surface area contributed by atoms with E-state index in [0.717, 1.165) is 22.6 Å². The minimum absolute atomic E-state index is 0.0303. The summed E-state index contributed by atoms with van der Waals surface area (Å²) in [7, 11) is 0. The molecule has 1 aromatic heterocycles. The molecule has 4 N–H and O–H groups in total. The van der Waals surface area contributed by atoms with Gasteiger partial charge < -0.3 is 31.0 Å². The van der Waals surface area contributed by atoms with Crippen LogP contribution < -0.4 is 20.7 Å². The maximum absolute atomic E-state index is 13.5. The predicted molar refractivity (Wildman–Crippen MR) is 135 cm³/mol. The van der Waals surface area contributed by atoms with Gasteiger partial charge in [0.2, 0.25) is 18.4 Å². The first-order chi connectivity index (χ1) is 18.6. The van der Waals surface area contributed by atoms with Gasteiger partial charge in [-0.3, -0.25) is 19.3 Å². The van der Waals surface area contributed by atoms with Gasteiger partial charge in [0.05, 0.1) is 11.7 Å². The number of anilines is 1. The number of nitrogens with two attached hydrogens (primary N) is 1. The minimum atomic E-state index is -1.48. The number of fused-ring (bicyclic) bond motifs is 1. The number of nitrogens with one attached hydrogen (secondary N) is 1. The topological polar surface area (TPSA) is 160 Å². The number of carboxylic acids is 1. The predicted octanol–water partition coefficient (Wildman–Crippen LogP) is -0.637. The molecule has 39 heavy (non-hydrogen) atoms. The second kappa shape index (κ2) is 10.5. The lowest BCUT2D eigenvalue weighted by Gasteiger charge is -2.49. The quantitative estimate of drug-likeness (QED) is 0.177. The maximum atomic E-state index is 13.5. The number of nitrogens with zero attached hydrogens (tertiary/aromatic N) is 3. The summed E-state index contributed by atoms with van der Waals surface area (Å²) in [5, 5.41) is 23.2. The lowest BCUT2D eigenvalue weighted by Crippen LogP contribution is -2.69. The van der Waals surface area contributed by atoms with Gasteiger partial charge >= 0.3 is 0 Å². The van der Waals surface area contributed by atoms with Gasteiger partial charge in [-0.15, -0.1) is 11.8 Å². The van der Waals surface area contributed by atoms with Crippen molar-refractivity contribution in [1.29, 1.82) is 0 Å². The highest BCUT2D eigenvalue weighted by Crippen LogP contribution is 2.40. The summed E-state index contributed by atoms with van der Waals surface area (Å²) in [5.74, 6) is -3.60. The Labute approximate surface area is 226 Å². The van der Waals surface area contributed by atoms with Crippen molar-refractivity contribution >= 4 is 41.1 Å². The van der Waals surface area contributed by atoms with Crippen LogP contribution in [-0.4, -0.2) is 62.3 Å². The zero-order chi connectivity index (χ0) is 27.8. The van der Waals surface area contributed by atoms with Crippen molar-refractivity contribution in [2.45, 2.75) is 30.9 Å². The number of pyridine rings is 1. The molecule has 0 bridgehead atoms. The number of benzene rings is 1. The monoisotopic (exact) mass is 553 g/mol. The van der Waals surface area contributed by atoms with E-state index < -0.39 is 34.9 Å². The van der Waals surface area contributed by atoms with Crippen LogP contribution in [0.5, 0.6) is 5.75 Å². The second-order valence-corrected chi connectivity index (χ2v) is 10.4. The molecule has 202 valence electrons. The number of phenols is 1. The number of carboxylic acid groups (broad SMARTS) is 1. The van der Waals surface area contributed by atoms with Crippen molar-refractivity contribution in [3.05, 3.63) is 77.0 Å². The summed E-state index contributed by atoms with van der Waals surface area (Å²) in [4.78, 5) is 52.0. The zero-order valence-corrected chi connectivity index (χ0v) is 21.3. The summed E-state index contributed by atoms with van der Waals surface area (Å²) >= 11 is 1.35. The van der Waals surface area contributed by atoms with Crippen molar-refractivity contribution in [2.75, 3.05) is 17.6 Å². The van der Waals surface area contributed by atoms with E-state index in [1.807, 2.05) is 0 Å². The molecule has 3 aliphatic heterocycles. The van der Waals surface area contributed by atoms with Crippen LogP contribution in [0.25, 0.3) is 0 Å². The van der Waals surface area contributed by atoms with Crippen molar-refractivity contribution in [3.63, 3.8) is 0 Å². The first-order valence-electron chi connectivity index (χ1n) is 12.0. The van der Waals surface area contributed by atoms with Gasteiger partial charge in [0.15, 0.2) is 24.0 Å². The number of hydrogen-bond donors (Lipinski definition) is 3. The number of carbonyl (C=O) groups excluding carboxylic acids is 4. The Kier molecular flexibility index (Phi) is 7.10. The first kappa shape index (κ1) is 26.4. The van der Waals surface area contributed by atoms with Gasteiger partial charge in [0.1, 0.15) is 11.4 Å². The Hall–Kier alpha value is -4.23. The summed E-state index contributed by atoms with van der Waals surface area (Å²) in [5.41, 5.74) is 7.40. The van der Waals surface area contributed by atoms with Gasteiger partial charge in [0, 0.05) is 48.3 Å². The summed E-state index contributed by atoms with van der Waals surface area (Å²) in [6.07, 6.45) is 5.34. The molecule has 3 aliphatic rings. The summed E-state index contributed by atoms with van der Waals surface area (Å²) < 4.78 is 15.1. The average Bonchev–Trinajstić information content (AvgIpc) is 3.24. The van der Waals surface area contributed by atoms with Crippen LogP contribution in [0, 0.1) is 5.82 Å². The average molecular weight is 554 g/mol. The van der Waals surface area contributed by atoms with E-state index in [2.05, 4.69) is 5.32 Å². The molecule has 2 fully saturated rings. The summed E-state index contributed by atoms with van der Waals surface area (Å²) in [6.45, 7) is 0.735. The molecule has 13 heteroatoms. The van der Waals surface area contributed by atoms with Crippen LogP contribution in [-0.2, 0) is 32.3 Å². The fourth-order valence-electron chi connectivity index (χ4n) is 4.67. The molecular weight excluding hydrogens is 529 g/mol. The van der Waals surface area contributed by atoms with E-state index in [0.29, 0.717) is 36.4 Å². The Morgan fingerprint density at radius 1 is 1.26 bits per heavy atom. The largest absolute Gasteiger partial charge is 0.543 e. The smallest absolute Gasteiger partial charge is 0.290 e. The van der Waals surface area contributed by atoms with Gasteiger partial charge in [-0.2, -0.15) is 4.57 Å². The van der Waals surface area contributed by atoms with Crippen LogP contribution in [0.1, 0.15) is 12.0 Å². The Balaban J connectivity index is 1.21. The lowest BCUT2D eigenvalue weighted by molar-refractivity contribution is -0.684. The molecule has 0 unspecified atom stereocenters. The number of aromatic nitrogens is 1. The van der Waals surface area contributed by atoms with Gasteiger partial charge in [-0.1, -0.05) is 0 Å². The molecule has 1 aromatic carbocycles. The third kappa shape index (κ3) is 5.22. The number of aliphatic carboxylic acids is 1. The van der Waals surface area contributed by atoms with E-state index in [-0.39, 0.29) is 29.7 Å². The summed E-state index contributed by atoms with van der Waals surface area (Å²) in [6, 6.07) is 6.37. The maximum Gasteiger partial charge on any atom is 0.290 e. The Morgan fingerprint density at radius 2 is 2.00 bits per heavy atom. The van der Waals surface area contributed by atoms with Crippen LogP contribution >= 0.6 is 11.8 Å². The molecule has 2 saturated heterocycles. The number of phenolic OH excluding ortho intramolecular Hbond substituents is 1. The second-order valence-electron chi connectivity index (χ2n) is 9.34. The number of thioether (sulfide) groups is 1. The lowest BCUT2D eigenvalue weighted by atomic mass is 10.0. The third-order valence-electron chi connectivity index (χ3n) is 6.68. The molecule has 0 spiro atoms. The van der Waals surface area contributed by atoms with E-state index in [4.69, 9.17) is 5.73 Å². The van der Waals surface area contributed by atoms with E-state index >= 15 is 0 Å². The SMILES string of the molecule is N[C@@H]1C(=O)N2C(C(=O)[O-])=C(/C=C3\CCN(Cc4cc[n+](CC(=O)Nc5ccc(O)c(F)c5)cc4)C3=O)CS[C@H]12. The minimum Gasteiger partial charge on any atom is -0.543 e. The number of amides is 3. The molecule has 2 atom stereocenters. The number of aromatic hydroxyl groups is 1. The van der Waals surface area contributed by atoms with Crippen LogP contribution in [0.4, 0.5) is 10.1 Å². The highest BCUT2D eigenvalue weighted by molar-refractivity contribution is 8.00. The Morgan fingerprint density at radius 3 is 2.69 bits per heavy atom. The first-order valence-corrected chi connectivity index (χ1v) is 13.1. The number of carbonyl (C=O) groups is 4. The molecular formula is C26H24FN5O6S. The number of β-lactam (4-membered cyclic amide) rings is 1. The molecule has 0 saturated carbocycles. The van der Waals surface area contributed by atoms with E-state index in [1.54, 1.807) is 40.1 Å². The Bertz CT molecular complexity index is 1440. The normalized spacial score (nSPS) is 21.7. The van der Waals surface area contributed by atoms with Crippen LogP contribution in [0.15, 0.2) is 65.6 Å². The molecule has 2 aromatic rings. The molecule has 4 heterocycles. The van der Waals surface area contributed by atoms with Crippen LogP contribution in [0.2, 0.25) is 0 Å². The van der Waals surface area contributed by atoms with Gasteiger partial charge in [-0.05, 0) is 35.8 Å². The number of allylic oxidation sites excluding steroid dienone is 1.